The number of pyridine rings is 1. The molecule has 0 spiro atoms. The molecule has 0 radical (unpaired) electrons. The molecular formula is C24H23ClFN3O3S2. The third kappa shape index (κ3) is 4.19. The molecule has 178 valence electrons. The number of thiophene rings is 1. The second-order valence-electron chi connectivity index (χ2n) is 8.99. The largest absolute Gasteiger partial charge is 0.485 e. The fourth-order valence-electron chi connectivity index (χ4n) is 4.27. The molecule has 5 rings (SSSR count). The summed E-state index contributed by atoms with van der Waals surface area (Å²) in [6.45, 7) is 6.31. The predicted octanol–water partition coefficient (Wildman–Crippen LogP) is 5.59. The van der Waals surface area contributed by atoms with Crippen molar-refractivity contribution >= 4 is 56.1 Å². The number of rotatable bonds is 5. The molecule has 4 heterocycles. The third-order valence-electron chi connectivity index (χ3n) is 5.99. The standard InChI is InChI=1S/C24H23ClFN3O3S2/c1-12-6-13(25)7-16(20(12)32-19-10-27-9-17(19)26)15-4-5-28-18-8-14(33-21(15)18)11-29-22(30)24(2,3)34-23(29)31/h4-8,17,19,27H,9-11H2,1-3H3/t17-,19+/m0/s1. The normalized spacial score (nSPS) is 22.2. The molecule has 3 aromatic rings. The Bertz CT molecular complexity index is 1310. The van der Waals surface area contributed by atoms with Gasteiger partial charge in [-0.15, -0.1) is 11.3 Å². The van der Waals surface area contributed by atoms with E-state index in [0.29, 0.717) is 17.3 Å². The number of hydrogen-bond acceptors (Lipinski definition) is 7. The zero-order valence-electron chi connectivity index (χ0n) is 18.9. The van der Waals surface area contributed by atoms with Gasteiger partial charge in [0.25, 0.3) is 5.24 Å². The van der Waals surface area contributed by atoms with Gasteiger partial charge < -0.3 is 10.1 Å². The summed E-state index contributed by atoms with van der Waals surface area (Å²) in [6, 6.07) is 7.40. The zero-order valence-corrected chi connectivity index (χ0v) is 21.2. The highest BCUT2D eigenvalue weighted by Crippen LogP contribution is 2.43. The molecule has 2 atom stereocenters. The topological polar surface area (TPSA) is 71.5 Å². The van der Waals surface area contributed by atoms with Crippen molar-refractivity contribution in [3.63, 3.8) is 0 Å². The maximum absolute atomic E-state index is 14.3. The number of ether oxygens (including phenoxy) is 1. The minimum Gasteiger partial charge on any atom is -0.485 e. The van der Waals surface area contributed by atoms with Crippen LogP contribution >= 0.6 is 34.7 Å². The molecule has 6 nitrogen and oxygen atoms in total. The molecule has 0 saturated carbocycles. The van der Waals surface area contributed by atoms with E-state index in [4.69, 9.17) is 16.3 Å². The highest BCUT2D eigenvalue weighted by atomic mass is 35.5. The summed E-state index contributed by atoms with van der Waals surface area (Å²) in [5, 5.41) is 3.33. The number of halogens is 2. The number of benzene rings is 1. The SMILES string of the molecule is Cc1cc(Cl)cc(-c2ccnc3cc(CN4C(=O)SC(C)(C)C4=O)sc23)c1O[C@@H]1CNC[C@@H]1F. The van der Waals surface area contributed by atoms with Gasteiger partial charge >= 0.3 is 0 Å². The van der Waals surface area contributed by atoms with Crippen LogP contribution in [-0.2, 0) is 11.3 Å². The first-order valence-corrected chi connectivity index (χ1v) is 12.9. The number of hydrogen-bond donors (Lipinski definition) is 1. The number of amides is 2. The van der Waals surface area contributed by atoms with Crippen molar-refractivity contribution in [1.82, 2.24) is 15.2 Å². The summed E-state index contributed by atoms with van der Waals surface area (Å²) in [5.74, 6) is 0.395. The highest BCUT2D eigenvalue weighted by molar-refractivity contribution is 8.16. The van der Waals surface area contributed by atoms with Gasteiger partial charge in [-0.2, -0.15) is 0 Å². The van der Waals surface area contributed by atoms with Crippen LogP contribution in [0.3, 0.4) is 0 Å². The molecule has 2 aliphatic heterocycles. The van der Waals surface area contributed by atoms with Gasteiger partial charge in [-0.3, -0.25) is 19.5 Å². The molecule has 2 aliphatic rings. The lowest BCUT2D eigenvalue weighted by molar-refractivity contribution is -0.129. The van der Waals surface area contributed by atoms with Crippen molar-refractivity contribution in [3.8, 4) is 16.9 Å². The molecule has 2 aromatic heterocycles. The maximum atomic E-state index is 14.3. The van der Waals surface area contributed by atoms with Gasteiger partial charge in [0.2, 0.25) is 5.91 Å². The molecule has 10 heteroatoms. The Morgan fingerprint density at radius 1 is 1.26 bits per heavy atom. The number of carbonyl (C=O) groups is 2. The number of fused-ring (bicyclic) bond motifs is 1. The Hall–Kier alpha value is -2.20. The van der Waals surface area contributed by atoms with Crippen LogP contribution in [-0.4, -0.2) is 51.1 Å². The van der Waals surface area contributed by atoms with E-state index in [9.17, 15) is 14.0 Å². The summed E-state index contributed by atoms with van der Waals surface area (Å²) in [4.78, 5) is 31.7. The Balaban J connectivity index is 1.55. The number of aryl methyl sites for hydroxylation is 1. The van der Waals surface area contributed by atoms with Crippen LogP contribution < -0.4 is 10.1 Å². The molecule has 2 amide bonds. The van der Waals surface area contributed by atoms with Gasteiger partial charge in [0.1, 0.15) is 11.9 Å². The lowest BCUT2D eigenvalue weighted by atomic mass is 10.0. The quantitative estimate of drug-likeness (QED) is 0.474. The van der Waals surface area contributed by atoms with Crippen LogP contribution in [0.1, 0.15) is 24.3 Å². The predicted molar refractivity (Wildman–Crippen MR) is 135 cm³/mol. The summed E-state index contributed by atoms with van der Waals surface area (Å²) >= 11 is 8.92. The molecule has 0 unspecified atom stereocenters. The number of nitrogens with one attached hydrogen (secondary N) is 1. The Morgan fingerprint density at radius 3 is 2.74 bits per heavy atom. The average Bonchev–Trinajstić information content (AvgIpc) is 3.42. The smallest absolute Gasteiger partial charge is 0.289 e. The van der Waals surface area contributed by atoms with Gasteiger partial charge in [0.15, 0.2) is 6.17 Å². The van der Waals surface area contributed by atoms with E-state index in [1.54, 1.807) is 26.1 Å². The minimum atomic E-state index is -1.09. The monoisotopic (exact) mass is 519 g/mol. The van der Waals surface area contributed by atoms with Crippen LogP contribution in [0.15, 0.2) is 30.5 Å². The second kappa shape index (κ2) is 8.78. The maximum Gasteiger partial charge on any atom is 0.289 e. The number of alkyl halides is 1. The van der Waals surface area contributed by atoms with Crippen molar-refractivity contribution < 1.29 is 18.7 Å². The fourth-order valence-corrected chi connectivity index (χ4v) is 6.57. The van der Waals surface area contributed by atoms with Gasteiger partial charge in [-0.05, 0) is 62.4 Å². The van der Waals surface area contributed by atoms with Crippen molar-refractivity contribution in [3.05, 3.63) is 45.9 Å². The lowest BCUT2D eigenvalue weighted by Crippen LogP contribution is -2.34. The molecule has 2 saturated heterocycles. The van der Waals surface area contributed by atoms with Crippen LogP contribution in [0.2, 0.25) is 5.02 Å². The van der Waals surface area contributed by atoms with E-state index in [1.807, 2.05) is 25.1 Å². The molecular weight excluding hydrogens is 497 g/mol. The van der Waals surface area contributed by atoms with E-state index in [-0.39, 0.29) is 24.2 Å². The molecule has 0 aliphatic carbocycles. The summed E-state index contributed by atoms with van der Waals surface area (Å²) in [5.41, 5.74) is 3.18. The van der Waals surface area contributed by atoms with Crippen molar-refractivity contribution in [2.45, 2.75) is 44.3 Å². The van der Waals surface area contributed by atoms with Gasteiger partial charge in [-0.25, -0.2) is 4.39 Å². The molecule has 2 fully saturated rings. The molecule has 1 aromatic carbocycles. The number of thioether (sulfide) groups is 1. The highest BCUT2D eigenvalue weighted by Gasteiger charge is 2.46. The Labute approximate surface area is 209 Å². The van der Waals surface area contributed by atoms with E-state index < -0.39 is 17.0 Å². The first-order chi connectivity index (χ1) is 16.1. The van der Waals surface area contributed by atoms with Crippen LogP contribution in [0.25, 0.3) is 21.3 Å². The number of imide groups is 1. The van der Waals surface area contributed by atoms with E-state index in [2.05, 4.69) is 10.3 Å². The summed E-state index contributed by atoms with van der Waals surface area (Å²) in [7, 11) is 0. The van der Waals surface area contributed by atoms with Crippen LogP contribution in [0.4, 0.5) is 9.18 Å². The van der Waals surface area contributed by atoms with Crippen molar-refractivity contribution in [2.24, 2.45) is 0 Å². The Morgan fingerprint density at radius 2 is 2.06 bits per heavy atom. The van der Waals surface area contributed by atoms with Gasteiger partial charge in [0.05, 0.1) is 21.5 Å². The lowest BCUT2D eigenvalue weighted by Gasteiger charge is -2.20. The van der Waals surface area contributed by atoms with Crippen LogP contribution in [0.5, 0.6) is 5.75 Å². The third-order valence-corrected chi connectivity index (χ3v) is 8.43. The van der Waals surface area contributed by atoms with Gasteiger partial charge in [-0.1, -0.05) is 11.6 Å². The summed E-state index contributed by atoms with van der Waals surface area (Å²) < 4.78 is 20.6. The zero-order chi connectivity index (χ0) is 24.2. The number of aromatic nitrogens is 1. The molecule has 1 N–H and O–H groups in total. The number of carbonyl (C=O) groups excluding carboxylic acids is 2. The molecule has 0 bridgehead atoms. The van der Waals surface area contributed by atoms with Crippen LogP contribution in [0, 0.1) is 6.92 Å². The first-order valence-electron chi connectivity index (χ1n) is 10.9. The Kier molecular flexibility index (Phi) is 6.08. The van der Waals surface area contributed by atoms with Crippen molar-refractivity contribution in [2.75, 3.05) is 13.1 Å². The fraction of sp³-hybridized carbons (Fsp3) is 0.375. The number of nitrogens with zero attached hydrogens (tertiary/aromatic N) is 2. The van der Waals surface area contributed by atoms with E-state index in [1.165, 1.54) is 16.2 Å². The first kappa shape index (κ1) is 23.5. The van der Waals surface area contributed by atoms with Gasteiger partial charge in [0, 0.05) is 40.3 Å². The van der Waals surface area contributed by atoms with Crippen molar-refractivity contribution in [1.29, 1.82) is 0 Å². The minimum absolute atomic E-state index is 0.194. The molecule has 34 heavy (non-hydrogen) atoms. The summed E-state index contributed by atoms with van der Waals surface area (Å²) in [6.07, 6.45) is 0.0308. The second-order valence-corrected chi connectivity index (χ2v) is 12.1. The van der Waals surface area contributed by atoms with E-state index in [0.717, 1.165) is 43.5 Å². The van der Waals surface area contributed by atoms with E-state index >= 15 is 0 Å². The average molecular weight is 520 g/mol.